The van der Waals surface area contributed by atoms with E-state index >= 15 is 0 Å². The summed E-state index contributed by atoms with van der Waals surface area (Å²) in [6.45, 7) is 0.172. The molecule has 0 atom stereocenters. The van der Waals surface area contributed by atoms with Crippen molar-refractivity contribution in [3.63, 3.8) is 0 Å². The smallest absolute Gasteiger partial charge is 0.231 e. The van der Waals surface area contributed by atoms with Gasteiger partial charge in [-0.25, -0.2) is 0 Å². The average molecular weight is 287 g/mol. The zero-order valence-electron chi connectivity index (χ0n) is 10.5. The molecule has 0 radical (unpaired) electrons. The molecule has 0 aliphatic carbocycles. The van der Waals surface area contributed by atoms with Crippen LogP contribution in [-0.4, -0.2) is 12.6 Å². The van der Waals surface area contributed by atoms with E-state index in [9.17, 15) is 4.79 Å². The third-order valence-electron chi connectivity index (χ3n) is 2.94. The Morgan fingerprint density at radius 1 is 1.15 bits per heavy atom. The monoisotopic (exact) mass is 286 g/mol. The van der Waals surface area contributed by atoms with E-state index in [1.165, 1.54) is 6.08 Å². The molecule has 4 heteroatoms. The number of benzene rings is 2. The number of hydrogen-bond acceptors (Lipinski definition) is 3. The number of carbonyl (C=O) groups excluding carboxylic acids is 1. The first-order chi connectivity index (χ1) is 9.74. The summed E-state index contributed by atoms with van der Waals surface area (Å²) < 4.78 is 10.5. The van der Waals surface area contributed by atoms with Crippen LogP contribution in [0.4, 0.5) is 0 Å². The second-order valence-electron chi connectivity index (χ2n) is 4.30. The van der Waals surface area contributed by atoms with E-state index < -0.39 is 0 Å². The molecule has 0 spiro atoms. The van der Waals surface area contributed by atoms with Crippen LogP contribution in [0.5, 0.6) is 11.5 Å². The number of allylic oxidation sites excluding steroid dienone is 1. The lowest BCUT2D eigenvalue weighted by Gasteiger charge is -2.01. The molecule has 0 amide bonds. The molecule has 20 heavy (non-hydrogen) atoms. The topological polar surface area (TPSA) is 35.5 Å². The zero-order chi connectivity index (χ0) is 13.9. The van der Waals surface area contributed by atoms with E-state index in [2.05, 4.69) is 0 Å². The van der Waals surface area contributed by atoms with Crippen molar-refractivity contribution in [2.24, 2.45) is 0 Å². The summed E-state index contributed by atoms with van der Waals surface area (Å²) >= 11 is 6.08. The molecule has 0 aromatic heterocycles. The third-order valence-corrected chi connectivity index (χ3v) is 3.22. The van der Waals surface area contributed by atoms with E-state index in [1.807, 2.05) is 18.2 Å². The predicted octanol–water partition coefficient (Wildman–Crippen LogP) is 3.96. The highest BCUT2D eigenvalue weighted by Gasteiger charge is 2.17. The molecule has 0 N–H and O–H groups in total. The first kappa shape index (κ1) is 12.8. The van der Waals surface area contributed by atoms with Crippen LogP contribution >= 0.6 is 11.6 Å². The standard InChI is InChI=1S/C16H11ClO3/c17-13-8-11(9-15-16(13)20-10-19-15)6-7-14(18)12-4-2-1-3-5-12/h1-9H,10H2/b7-6+. The van der Waals surface area contributed by atoms with E-state index in [1.54, 1.807) is 30.3 Å². The number of carbonyl (C=O) groups is 1. The van der Waals surface area contributed by atoms with Crippen LogP contribution in [0.2, 0.25) is 5.02 Å². The van der Waals surface area contributed by atoms with Crippen molar-refractivity contribution >= 4 is 23.5 Å². The number of halogens is 1. The summed E-state index contributed by atoms with van der Waals surface area (Å²) in [6.07, 6.45) is 3.23. The Morgan fingerprint density at radius 2 is 1.95 bits per heavy atom. The maximum absolute atomic E-state index is 12.0. The van der Waals surface area contributed by atoms with Crippen LogP contribution in [0.3, 0.4) is 0 Å². The Labute approximate surface area is 121 Å². The lowest BCUT2D eigenvalue weighted by Crippen LogP contribution is -1.93. The first-order valence-electron chi connectivity index (χ1n) is 6.10. The lowest BCUT2D eigenvalue weighted by atomic mass is 10.1. The molecule has 2 aromatic carbocycles. The van der Waals surface area contributed by atoms with Gasteiger partial charge in [-0.15, -0.1) is 0 Å². The van der Waals surface area contributed by atoms with Gasteiger partial charge < -0.3 is 9.47 Å². The second kappa shape index (κ2) is 5.39. The first-order valence-corrected chi connectivity index (χ1v) is 6.48. The van der Waals surface area contributed by atoms with Gasteiger partial charge in [0.25, 0.3) is 0 Å². The van der Waals surface area contributed by atoms with E-state index in [4.69, 9.17) is 21.1 Å². The second-order valence-corrected chi connectivity index (χ2v) is 4.71. The van der Waals surface area contributed by atoms with Crippen molar-refractivity contribution in [2.75, 3.05) is 6.79 Å². The predicted molar refractivity (Wildman–Crippen MR) is 77.4 cm³/mol. The quantitative estimate of drug-likeness (QED) is 0.633. The normalized spacial score (nSPS) is 12.8. The van der Waals surface area contributed by atoms with E-state index in [-0.39, 0.29) is 12.6 Å². The fourth-order valence-corrected chi connectivity index (χ4v) is 2.23. The summed E-state index contributed by atoms with van der Waals surface area (Å²) in [5.41, 5.74) is 1.44. The largest absolute Gasteiger partial charge is 0.454 e. The number of rotatable bonds is 3. The van der Waals surface area contributed by atoms with Crippen LogP contribution in [0.15, 0.2) is 48.5 Å². The van der Waals surface area contributed by atoms with Gasteiger partial charge in [0.1, 0.15) is 0 Å². The van der Waals surface area contributed by atoms with Gasteiger partial charge in [0.2, 0.25) is 6.79 Å². The highest BCUT2D eigenvalue weighted by Crippen LogP contribution is 2.40. The van der Waals surface area contributed by atoms with Crippen molar-refractivity contribution < 1.29 is 14.3 Å². The Kier molecular flexibility index (Phi) is 3.44. The maximum Gasteiger partial charge on any atom is 0.231 e. The van der Waals surface area contributed by atoms with Crippen LogP contribution in [0, 0.1) is 0 Å². The fraction of sp³-hybridized carbons (Fsp3) is 0.0625. The third kappa shape index (κ3) is 2.53. The van der Waals surface area contributed by atoms with Gasteiger partial charge in [-0.2, -0.15) is 0 Å². The summed E-state index contributed by atoms with van der Waals surface area (Å²) in [6, 6.07) is 12.6. The Morgan fingerprint density at radius 3 is 2.75 bits per heavy atom. The molecule has 0 bridgehead atoms. The van der Waals surface area contributed by atoms with Crippen molar-refractivity contribution in [3.05, 3.63) is 64.7 Å². The van der Waals surface area contributed by atoms with Crippen LogP contribution in [-0.2, 0) is 0 Å². The van der Waals surface area contributed by atoms with Crippen molar-refractivity contribution in [1.29, 1.82) is 0 Å². The van der Waals surface area contributed by atoms with Gasteiger partial charge in [-0.3, -0.25) is 4.79 Å². The van der Waals surface area contributed by atoms with Gasteiger partial charge >= 0.3 is 0 Å². The van der Waals surface area contributed by atoms with Crippen molar-refractivity contribution in [2.45, 2.75) is 0 Å². The fourth-order valence-electron chi connectivity index (χ4n) is 1.95. The average Bonchev–Trinajstić information content (AvgIpc) is 2.94. The van der Waals surface area contributed by atoms with Crippen LogP contribution in [0.25, 0.3) is 6.08 Å². The SMILES string of the molecule is O=C(/C=C/c1cc(Cl)c2c(c1)OCO2)c1ccccc1. The minimum atomic E-state index is -0.0561. The van der Waals surface area contributed by atoms with Gasteiger partial charge in [0.05, 0.1) is 5.02 Å². The minimum Gasteiger partial charge on any atom is -0.454 e. The molecular formula is C16H11ClO3. The molecule has 1 aliphatic rings. The Hall–Kier alpha value is -2.26. The van der Waals surface area contributed by atoms with Crippen LogP contribution in [0.1, 0.15) is 15.9 Å². The summed E-state index contributed by atoms with van der Waals surface area (Å²) in [4.78, 5) is 12.0. The molecule has 0 saturated heterocycles. The van der Waals surface area contributed by atoms with Crippen LogP contribution < -0.4 is 9.47 Å². The molecule has 1 heterocycles. The maximum atomic E-state index is 12.0. The highest BCUT2D eigenvalue weighted by molar-refractivity contribution is 6.32. The molecule has 3 nitrogen and oxygen atoms in total. The molecule has 0 fully saturated rings. The molecule has 2 aromatic rings. The molecular weight excluding hydrogens is 276 g/mol. The molecule has 1 aliphatic heterocycles. The Balaban J connectivity index is 1.83. The minimum absolute atomic E-state index is 0.0561. The zero-order valence-corrected chi connectivity index (χ0v) is 11.3. The lowest BCUT2D eigenvalue weighted by molar-refractivity contribution is 0.104. The van der Waals surface area contributed by atoms with E-state index in [0.29, 0.717) is 22.1 Å². The number of ketones is 1. The van der Waals surface area contributed by atoms with Gasteiger partial charge in [-0.1, -0.05) is 48.0 Å². The van der Waals surface area contributed by atoms with Gasteiger partial charge in [0.15, 0.2) is 17.3 Å². The summed E-state index contributed by atoms with van der Waals surface area (Å²) in [5.74, 6) is 1.10. The Bertz CT molecular complexity index is 678. The number of hydrogen-bond donors (Lipinski definition) is 0. The summed E-state index contributed by atoms with van der Waals surface area (Å²) in [5, 5.41) is 0.479. The molecule has 0 unspecified atom stereocenters. The van der Waals surface area contributed by atoms with Crippen molar-refractivity contribution in [3.8, 4) is 11.5 Å². The number of ether oxygens (including phenoxy) is 2. The summed E-state index contributed by atoms with van der Waals surface area (Å²) in [7, 11) is 0. The number of fused-ring (bicyclic) bond motifs is 1. The molecule has 0 saturated carbocycles. The molecule has 3 rings (SSSR count). The molecule has 100 valence electrons. The van der Waals surface area contributed by atoms with Crippen molar-refractivity contribution in [1.82, 2.24) is 0 Å². The van der Waals surface area contributed by atoms with E-state index in [0.717, 1.165) is 5.56 Å². The highest BCUT2D eigenvalue weighted by atomic mass is 35.5. The van der Waals surface area contributed by atoms with Gasteiger partial charge in [-0.05, 0) is 23.8 Å². The van der Waals surface area contributed by atoms with Gasteiger partial charge in [0, 0.05) is 5.56 Å².